The predicted molar refractivity (Wildman–Crippen MR) is 114 cm³/mol. The van der Waals surface area contributed by atoms with Gasteiger partial charge in [0.25, 0.3) is 0 Å². The lowest BCUT2D eigenvalue weighted by Crippen LogP contribution is -3.41. The summed E-state index contributed by atoms with van der Waals surface area (Å²) in [5.41, 5.74) is 4.26. The van der Waals surface area contributed by atoms with Gasteiger partial charge in [0.1, 0.15) is 0 Å². The molecule has 3 N–H and O–H groups in total. The maximum atomic E-state index is 11.0. The van der Waals surface area contributed by atoms with Crippen molar-refractivity contribution in [3.63, 3.8) is 0 Å². The van der Waals surface area contributed by atoms with Gasteiger partial charge in [-0.15, -0.1) is 0 Å². The number of aromatic nitrogens is 1. The first-order valence-corrected chi connectivity index (χ1v) is 11.0. The average molecular weight is 390 g/mol. The molecule has 0 amide bonds. The van der Waals surface area contributed by atoms with E-state index >= 15 is 0 Å². The zero-order valence-corrected chi connectivity index (χ0v) is 17.4. The second-order valence-electron chi connectivity index (χ2n) is 10.4. The van der Waals surface area contributed by atoms with Crippen LogP contribution in [-0.2, 0) is 6.54 Å². The molecule has 4 aliphatic rings. The summed E-state index contributed by atoms with van der Waals surface area (Å²) < 4.78 is 2.43. The molecule has 1 aromatic heterocycles. The second-order valence-corrected chi connectivity index (χ2v) is 10.4. The van der Waals surface area contributed by atoms with Gasteiger partial charge in [0.2, 0.25) is 6.17 Å². The third-order valence-corrected chi connectivity index (χ3v) is 7.99. The van der Waals surface area contributed by atoms with Crippen LogP contribution in [0.15, 0.2) is 60.8 Å². The normalized spacial score (nSPS) is 38.0. The van der Waals surface area contributed by atoms with Gasteiger partial charge in [-0.25, -0.2) is 0 Å². The first-order chi connectivity index (χ1) is 14.0. The maximum absolute atomic E-state index is 11.0. The molecule has 7 rings (SSSR count). The van der Waals surface area contributed by atoms with Crippen molar-refractivity contribution < 1.29 is 14.9 Å². The van der Waals surface area contributed by atoms with Crippen molar-refractivity contribution in [2.24, 2.45) is 10.8 Å². The number of aliphatic hydroxyl groups excluding tert-OH is 1. The van der Waals surface area contributed by atoms with Crippen molar-refractivity contribution in [1.82, 2.24) is 4.57 Å². The molecule has 29 heavy (non-hydrogen) atoms. The van der Waals surface area contributed by atoms with Crippen LogP contribution in [-0.4, -0.2) is 42.0 Å². The van der Waals surface area contributed by atoms with Gasteiger partial charge in [-0.05, 0) is 25.5 Å². The van der Waals surface area contributed by atoms with Crippen molar-refractivity contribution in [2.45, 2.75) is 32.7 Å². The molecule has 150 valence electrons. The summed E-state index contributed by atoms with van der Waals surface area (Å²) in [6.07, 6.45) is 2.74. The van der Waals surface area contributed by atoms with Gasteiger partial charge in [-0.1, -0.05) is 48.5 Å². The fourth-order valence-corrected chi connectivity index (χ4v) is 7.11. The summed E-state index contributed by atoms with van der Waals surface area (Å²) in [4.78, 5) is 3.32. The molecule has 0 aliphatic carbocycles. The molecule has 0 spiro atoms. The number of fused-ring (bicyclic) bond motifs is 1. The first-order valence-electron chi connectivity index (χ1n) is 11.0. The molecular weight excluding hydrogens is 358 g/mol. The lowest BCUT2D eigenvalue weighted by molar-refractivity contribution is -1.19. The van der Waals surface area contributed by atoms with E-state index in [1.54, 1.807) is 9.80 Å². The third-order valence-electron chi connectivity index (χ3n) is 7.99. The molecule has 4 fully saturated rings. The van der Waals surface area contributed by atoms with Crippen molar-refractivity contribution in [3.8, 4) is 0 Å². The van der Waals surface area contributed by atoms with E-state index < -0.39 is 0 Å². The number of nitrogens with one attached hydrogen (secondary N) is 2. The number of hydrogen-bond acceptors (Lipinski definition) is 1. The fourth-order valence-electron chi connectivity index (χ4n) is 7.11. The Balaban J connectivity index is 1.43. The van der Waals surface area contributed by atoms with Crippen LogP contribution in [0.2, 0.25) is 0 Å². The lowest BCUT2D eigenvalue weighted by Gasteiger charge is -2.62. The van der Waals surface area contributed by atoms with Crippen LogP contribution in [0.3, 0.4) is 0 Å². The Bertz CT molecular complexity index is 1030. The Hall–Kier alpha value is -2.14. The van der Waals surface area contributed by atoms with Gasteiger partial charge < -0.3 is 9.67 Å². The lowest BCUT2D eigenvalue weighted by atomic mass is 9.60. The monoisotopic (exact) mass is 389 g/mol. The van der Waals surface area contributed by atoms with Crippen LogP contribution < -0.4 is 9.80 Å². The molecule has 0 radical (unpaired) electrons. The highest BCUT2D eigenvalue weighted by Crippen LogP contribution is 2.40. The first kappa shape index (κ1) is 17.7. The summed E-state index contributed by atoms with van der Waals surface area (Å²) >= 11 is 0. The average Bonchev–Trinajstić information content (AvgIpc) is 3.04. The van der Waals surface area contributed by atoms with Crippen LogP contribution in [0.4, 0.5) is 0 Å². The minimum Gasteiger partial charge on any atom is -0.391 e. The van der Waals surface area contributed by atoms with Gasteiger partial charge >= 0.3 is 0 Å². The fraction of sp³-hybridized carbons (Fsp3) is 0.440. The van der Waals surface area contributed by atoms with E-state index in [0.29, 0.717) is 6.17 Å². The van der Waals surface area contributed by atoms with Gasteiger partial charge in [0.05, 0.1) is 48.7 Å². The number of para-hydroxylation sites is 1. The molecule has 5 heterocycles. The van der Waals surface area contributed by atoms with Crippen molar-refractivity contribution in [1.29, 1.82) is 0 Å². The SMILES string of the molecule is CC12C[NH+]3CC(C)(C[NH+](C1)C3c1cn(Cc3ccccc3)c3ccccc13)C2O. The van der Waals surface area contributed by atoms with Crippen molar-refractivity contribution >= 4 is 10.9 Å². The summed E-state index contributed by atoms with van der Waals surface area (Å²) in [6, 6.07) is 19.7. The van der Waals surface area contributed by atoms with Crippen LogP contribution in [0.5, 0.6) is 0 Å². The highest BCUT2D eigenvalue weighted by atomic mass is 16.3. The van der Waals surface area contributed by atoms with E-state index in [4.69, 9.17) is 0 Å². The molecule has 4 heteroatoms. The zero-order chi connectivity index (χ0) is 19.8. The molecule has 4 bridgehead atoms. The van der Waals surface area contributed by atoms with Crippen molar-refractivity contribution in [2.75, 3.05) is 26.2 Å². The van der Waals surface area contributed by atoms with E-state index in [1.165, 1.54) is 22.0 Å². The molecule has 2 aromatic carbocycles. The predicted octanol–water partition coefficient (Wildman–Crippen LogP) is 0.872. The van der Waals surface area contributed by atoms with E-state index in [2.05, 4.69) is 79.2 Å². The Labute approximate surface area is 172 Å². The number of rotatable bonds is 3. The number of benzene rings is 2. The number of piperidine rings is 2. The quantitative estimate of drug-likeness (QED) is 0.611. The Morgan fingerprint density at radius 3 is 2.14 bits per heavy atom. The summed E-state index contributed by atoms with van der Waals surface area (Å²) in [5, 5.41) is 12.4. The zero-order valence-electron chi connectivity index (χ0n) is 17.4. The molecule has 4 nitrogen and oxygen atoms in total. The molecule has 0 unspecified atom stereocenters. The second kappa shape index (κ2) is 5.94. The van der Waals surface area contributed by atoms with E-state index in [1.807, 2.05) is 0 Å². The largest absolute Gasteiger partial charge is 0.391 e. The van der Waals surface area contributed by atoms with Crippen LogP contribution in [0, 0.1) is 10.8 Å². The molecule has 4 saturated heterocycles. The third kappa shape index (κ3) is 2.49. The van der Waals surface area contributed by atoms with Crippen LogP contribution in [0.25, 0.3) is 10.9 Å². The molecular formula is C25H31N3O+2. The van der Waals surface area contributed by atoms with Crippen LogP contribution in [0.1, 0.15) is 31.1 Å². The highest BCUT2D eigenvalue weighted by Gasteiger charge is 2.68. The topological polar surface area (TPSA) is 34.0 Å². The Kier molecular flexibility index (Phi) is 3.63. The van der Waals surface area contributed by atoms with Gasteiger partial charge in [-0.3, -0.25) is 9.80 Å². The number of hydrogen-bond donors (Lipinski definition) is 3. The summed E-state index contributed by atoms with van der Waals surface area (Å²) in [6.45, 7) is 9.84. The Morgan fingerprint density at radius 1 is 0.897 bits per heavy atom. The maximum Gasteiger partial charge on any atom is 0.242 e. The van der Waals surface area contributed by atoms with Gasteiger partial charge in [-0.2, -0.15) is 0 Å². The number of nitrogens with zero attached hydrogens (tertiary/aromatic N) is 1. The van der Waals surface area contributed by atoms with E-state index in [-0.39, 0.29) is 16.9 Å². The smallest absolute Gasteiger partial charge is 0.242 e. The molecule has 3 aromatic rings. The molecule has 4 aliphatic heterocycles. The molecule has 0 saturated carbocycles. The minimum atomic E-state index is -0.164. The minimum absolute atomic E-state index is 0.0504. The van der Waals surface area contributed by atoms with Gasteiger partial charge in [0, 0.05) is 23.6 Å². The van der Waals surface area contributed by atoms with Gasteiger partial charge in [0.15, 0.2) is 0 Å². The molecule has 0 atom stereocenters. The summed E-state index contributed by atoms with van der Waals surface area (Å²) in [7, 11) is 0. The number of aliphatic hydroxyl groups is 1. The summed E-state index contributed by atoms with van der Waals surface area (Å²) in [5.74, 6) is 0. The standard InChI is InChI=1S/C25H29N3O/c1-24-14-27-16-25(2,23(24)29)17-28(15-24)22(27)20-13-26(12-18-8-4-3-5-9-18)21-11-7-6-10-19(20)21/h3-11,13,22-23,29H,12,14-17H2,1-2H3/p+2. The van der Waals surface area contributed by atoms with Crippen molar-refractivity contribution in [3.05, 3.63) is 71.9 Å². The van der Waals surface area contributed by atoms with E-state index in [9.17, 15) is 5.11 Å². The van der Waals surface area contributed by atoms with E-state index in [0.717, 1.165) is 32.7 Å². The highest BCUT2D eigenvalue weighted by molar-refractivity contribution is 5.84. The number of quaternary nitrogens is 2. The Morgan fingerprint density at radius 2 is 1.48 bits per heavy atom. The van der Waals surface area contributed by atoms with Crippen LogP contribution >= 0.6 is 0 Å².